The molecular formula is C27H28N2O3. The van der Waals surface area contributed by atoms with E-state index in [0.717, 1.165) is 66.5 Å². The van der Waals surface area contributed by atoms with E-state index in [1.807, 2.05) is 19.2 Å². The Hall–Kier alpha value is -2.92. The molecule has 5 nitrogen and oxygen atoms in total. The average Bonchev–Trinajstić information content (AvgIpc) is 3.35. The maximum absolute atomic E-state index is 12.4. The van der Waals surface area contributed by atoms with Crippen molar-refractivity contribution in [1.29, 1.82) is 0 Å². The first-order chi connectivity index (χ1) is 15.7. The van der Waals surface area contributed by atoms with Crippen LogP contribution in [0.5, 0.6) is 0 Å². The number of hydrogen-bond donors (Lipinski definition) is 0. The van der Waals surface area contributed by atoms with Crippen LogP contribution in [-0.2, 0) is 19.4 Å². The highest BCUT2D eigenvalue weighted by Gasteiger charge is 2.20. The van der Waals surface area contributed by atoms with Gasteiger partial charge in [0.1, 0.15) is 11.3 Å². The molecule has 4 aromatic rings. The Labute approximate surface area is 187 Å². The minimum absolute atomic E-state index is 0.342. The van der Waals surface area contributed by atoms with Crippen LogP contribution in [0.1, 0.15) is 54.5 Å². The van der Waals surface area contributed by atoms with Crippen LogP contribution in [0.15, 0.2) is 44.1 Å². The summed E-state index contributed by atoms with van der Waals surface area (Å²) in [4.78, 5) is 19.6. The van der Waals surface area contributed by atoms with Gasteiger partial charge in [0.25, 0.3) is 0 Å². The Kier molecular flexibility index (Phi) is 4.87. The molecule has 0 saturated carbocycles. The number of hydrogen-bond acceptors (Lipinski definition) is 5. The minimum Gasteiger partial charge on any atom is -0.454 e. The lowest BCUT2D eigenvalue weighted by Gasteiger charge is -2.20. The molecule has 1 aromatic carbocycles. The molecule has 1 fully saturated rings. The number of nitrogens with zero attached hydrogens (tertiary/aromatic N) is 2. The van der Waals surface area contributed by atoms with E-state index in [1.165, 1.54) is 42.4 Å². The van der Waals surface area contributed by atoms with E-state index in [-0.39, 0.29) is 5.63 Å². The molecule has 0 atom stereocenters. The Morgan fingerprint density at radius 1 is 0.906 bits per heavy atom. The summed E-state index contributed by atoms with van der Waals surface area (Å²) in [5.74, 6) is 0.712. The zero-order valence-electron chi connectivity index (χ0n) is 18.6. The summed E-state index contributed by atoms with van der Waals surface area (Å²) < 4.78 is 11.9. The third kappa shape index (κ3) is 3.45. The number of rotatable bonds is 3. The second-order valence-electron chi connectivity index (χ2n) is 9.36. The standard InChI is InChI=1S/C27H28N2O3/c1-17-27-21(20(15-28-17)16-29-9-4-2-3-5-10-29)13-25(32-27)23-14-26(30)31-24-12-19-8-6-7-18(19)11-22(23)24/h11-15H,2-10,16H2,1H3. The van der Waals surface area contributed by atoms with Crippen molar-refractivity contribution in [2.45, 2.75) is 58.4 Å². The SMILES string of the molecule is Cc1ncc(CN2CCCCCC2)c2cc(-c3cc(=O)oc4cc5c(cc34)CCC5)oc12. The highest BCUT2D eigenvalue weighted by Crippen LogP contribution is 2.37. The van der Waals surface area contributed by atoms with Gasteiger partial charge in [0.05, 0.1) is 5.69 Å². The van der Waals surface area contributed by atoms with Gasteiger partial charge in [-0.2, -0.15) is 0 Å². The highest BCUT2D eigenvalue weighted by molar-refractivity contribution is 5.96. The van der Waals surface area contributed by atoms with Gasteiger partial charge in [0.2, 0.25) is 0 Å². The lowest BCUT2D eigenvalue weighted by molar-refractivity contribution is 0.277. The van der Waals surface area contributed by atoms with Gasteiger partial charge in [-0.1, -0.05) is 12.8 Å². The van der Waals surface area contributed by atoms with Crippen molar-refractivity contribution in [3.63, 3.8) is 0 Å². The van der Waals surface area contributed by atoms with Gasteiger partial charge in [0, 0.05) is 35.1 Å². The fraction of sp³-hybridized carbons (Fsp3) is 0.407. The van der Waals surface area contributed by atoms with Crippen molar-refractivity contribution < 1.29 is 8.83 Å². The van der Waals surface area contributed by atoms with Crippen LogP contribution >= 0.6 is 0 Å². The van der Waals surface area contributed by atoms with Crippen molar-refractivity contribution in [3.05, 3.63) is 63.3 Å². The van der Waals surface area contributed by atoms with E-state index in [2.05, 4.69) is 22.0 Å². The third-order valence-electron chi connectivity index (χ3n) is 7.14. The Bertz CT molecular complexity index is 1370. The zero-order chi connectivity index (χ0) is 21.7. The van der Waals surface area contributed by atoms with Gasteiger partial charge in [-0.25, -0.2) is 4.79 Å². The van der Waals surface area contributed by atoms with Gasteiger partial charge >= 0.3 is 5.63 Å². The third-order valence-corrected chi connectivity index (χ3v) is 7.14. The molecule has 0 N–H and O–H groups in total. The number of benzene rings is 1. The summed E-state index contributed by atoms with van der Waals surface area (Å²) >= 11 is 0. The number of pyridine rings is 1. The summed E-state index contributed by atoms with van der Waals surface area (Å²) in [6, 6.07) is 7.90. The quantitative estimate of drug-likeness (QED) is 0.388. The average molecular weight is 429 g/mol. The second kappa shape index (κ2) is 7.89. The monoisotopic (exact) mass is 428 g/mol. The molecule has 0 amide bonds. The molecule has 164 valence electrons. The van der Waals surface area contributed by atoms with Gasteiger partial charge in [-0.05, 0) is 87.0 Å². The fourth-order valence-electron chi connectivity index (χ4n) is 5.43. The smallest absolute Gasteiger partial charge is 0.336 e. The molecule has 0 unspecified atom stereocenters. The molecule has 0 radical (unpaired) electrons. The zero-order valence-corrected chi connectivity index (χ0v) is 18.6. The van der Waals surface area contributed by atoms with E-state index >= 15 is 0 Å². The van der Waals surface area contributed by atoms with Crippen LogP contribution in [0.4, 0.5) is 0 Å². The van der Waals surface area contributed by atoms with Crippen LogP contribution in [0.25, 0.3) is 33.3 Å². The normalized spacial score (nSPS) is 17.2. The highest BCUT2D eigenvalue weighted by atomic mass is 16.4. The number of aromatic nitrogens is 1. The van der Waals surface area contributed by atoms with Crippen molar-refractivity contribution >= 4 is 21.9 Å². The molecular weight excluding hydrogens is 400 g/mol. The van der Waals surface area contributed by atoms with Crippen LogP contribution in [-0.4, -0.2) is 23.0 Å². The largest absolute Gasteiger partial charge is 0.454 e. The van der Waals surface area contributed by atoms with Crippen LogP contribution in [0.3, 0.4) is 0 Å². The first-order valence-corrected chi connectivity index (χ1v) is 11.9. The maximum atomic E-state index is 12.4. The molecule has 1 aliphatic heterocycles. The minimum atomic E-state index is -0.342. The summed E-state index contributed by atoms with van der Waals surface area (Å²) in [6.45, 7) is 5.13. The molecule has 6 rings (SSSR count). The van der Waals surface area contributed by atoms with Crippen molar-refractivity contribution in [3.8, 4) is 11.3 Å². The summed E-state index contributed by atoms with van der Waals surface area (Å²) in [7, 11) is 0. The molecule has 32 heavy (non-hydrogen) atoms. The molecule has 1 aliphatic carbocycles. The van der Waals surface area contributed by atoms with Crippen LogP contribution < -0.4 is 5.63 Å². The van der Waals surface area contributed by atoms with E-state index in [0.29, 0.717) is 11.3 Å². The van der Waals surface area contributed by atoms with Gasteiger partial charge in [-0.15, -0.1) is 0 Å². The number of likely N-dealkylation sites (tertiary alicyclic amines) is 1. The number of furan rings is 1. The summed E-state index contributed by atoms with van der Waals surface area (Å²) in [6.07, 6.45) is 10.4. The van der Waals surface area contributed by atoms with Gasteiger partial charge in [-0.3, -0.25) is 9.88 Å². The van der Waals surface area contributed by atoms with Crippen LogP contribution in [0.2, 0.25) is 0 Å². The van der Waals surface area contributed by atoms with Crippen molar-refractivity contribution in [2.75, 3.05) is 13.1 Å². The van der Waals surface area contributed by atoms with E-state index in [4.69, 9.17) is 8.83 Å². The molecule has 3 aromatic heterocycles. The Morgan fingerprint density at radius 3 is 2.50 bits per heavy atom. The van der Waals surface area contributed by atoms with E-state index in [9.17, 15) is 4.79 Å². The van der Waals surface area contributed by atoms with Gasteiger partial charge in [0.15, 0.2) is 5.58 Å². The topological polar surface area (TPSA) is 59.5 Å². The number of aryl methyl sites for hydroxylation is 3. The predicted octanol–water partition coefficient (Wildman–Crippen LogP) is 5.77. The lowest BCUT2D eigenvalue weighted by Crippen LogP contribution is -2.24. The molecule has 1 saturated heterocycles. The number of fused-ring (bicyclic) bond motifs is 3. The summed E-state index contributed by atoms with van der Waals surface area (Å²) in [5, 5.41) is 2.04. The first-order valence-electron chi connectivity index (χ1n) is 11.9. The predicted molar refractivity (Wildman–Crippen MR) is 126 cm³/mol. The maximum Gasteiger partial charge on any atom is 0.336 e. The molecule has 0 bridgehead atoms. The fourth-order valence-corrected chi connectivity index (χ4v) is 5.43. The van der Waals surface area contributed by atoms with Crippen molar-refractivity contribution in [1.82, 2.24) is 9.88 Å². The van der Waals surface area contributed by atoms with Crippen LogP contribution in [0, 0.1) is 6.92 Å². The van der Waals surface area contributed by atoms with Crippen molar-refractivity contribution in [2.24, 2.45) is 0 Å². The van der Waals surface area contributed by atoms with Gasteiger partial charge < -0.3 is 8.83 Å². The molecule has 4 heterocycles. The Balaban J connectivity index is 1.48. The molecule has 0 spiro atoms. The lowest BCUT2D eigenvalue weighted by atomic mass is 10.0. The summed E-state index contributed by atoms with van der Waals surface area (Å²) in [5.41, 5.74) is 6.64. The Morgan fingerprint density at radius 2 is 1.69 bits per heavy atom. The molecule has 2 aliphatic rings. The molecule has 5 heteroatoms. The first kappa shape index (κ1) is 19.7. The second-order valence-corrected chi connectivity index (χ2v) is 9.36. The van der Waals surface area contributed by atoms with E-state index in [1.54, 1.807) is 6.07 Å². The van der Waals surface area contributed by atoms with E-state index < -0.39 is 0 Å².